The van der Waals surface area contributed by atoms with Crippen molar-refractivity contribution in [1.29, 1.82) is 0 Å². The van der Waals surface area contributed by atoms with Gasteiger partial charge in [-0.05, 0) is 31.5 Å². The fourth-order valence-electron chi connectivity index (χ4n) is 2.42. The van der Waals surface area contributed by atoms with E-state index in [0.29, 0.717) is 25.9 Å². The van der Waals surface area contributed by atoms with E-state index in [4.69, 9.17) is 0 Å². The highest BCUT2D eigenvalue weighted by Crippen LogP contribution is 2.27. The molecule has 2 rings (SSSR count). The van der Waals surface area contributed by atoms with Crippen molar-refractivity contribution < 1.29 is 9.59 Å². The molecule has 5 heteroatoms. The van der Waals surface area contributed by atoms with Crippen LogP contribution in [-0.4, -0.2) is 38.5 Å². The first-order valence-corrected chi connectivity index (χ1v) is 7.02. The number of benzene rings is 1. The van der Waals surface area contributed by atoms with Crippen molar-refractivity contribution >= 4 is 17.5 Å². The van der Waals surface area contributed by atoms with Crippen molar-refractivity contribution in [3.05, 3.63) is 29.8 Å². The molecule has 1 aliphatic rings. The average molecular weight is 275 g/mol. The Morgan fingerprint density at radius 1 is 1.30 bits per heavy atom. The smallest absolute Gasteiger partial charge is 0.233 e. The number of para-hydroxylation sites is 1. The molecule has 20 heavy (non-hydrogen) atoms. The van der Waals surface area contributed by atoms with Gasteiger partial charge in [-0.3, -0.25) is 9.59 Å². The van der Waals surface area contributed by atoms with E-state index < -0.39 is 0 Å². The predicted octanol–water partition coefficient (Wildman–Crippen LogP) is 0.692. The van der Waals surface area contributed by atoms with Crippen molar-refractivity contribution in [2.24, 2.45) is 0 Å². The van der Waals surface area contributed by atoms with Crippen LogP contribution >= 0.6 is 0 Å². The Morgan fingerprint density at radius 3 is 2.90 bits per heavy atom. The van der Waals surface area contributed by atoms with Gasteiger partial charge in [0.1, 0.15) is 0 Å². The number of fused-ring (bicyclic) bond motifs is 1. The molecule has 0 saturated carbocycles. The molecule has 0 aliphatic carbocycles. The van der Waals surface area contributed by atoms with Gasteiger partial charge in [0.15, 0.2) is 0 Å². The number of rotatable bonds is 6. The van der Waals surface area contributed by atoms with Gasteiger partial charge < -0.3 is 15.5 Å². The quantitative estimate of drug-likeness (QED) is 0.751. The summed E-state index contributed by atoms with van der Waals surface area (Å²) in [6.45, 7) is 1.62. The Labute approximate surface area is 119 Å². The summed E-state index contributed by atoms with van der Waals surface area (Å²) in [7, 11) is 1.73. The lowest BCUT2D eigenvalue weighted by molar-refractivity contribution is -0.121. The molecule has 0 radical (unpaired) electrons. The van der Waals surface area contributed by atoms with Crippen LogP contribution < -0.4 is 15.5 Å². The average Bonchev–Trinajstić information content (AvgIpc) is 2.87. The lowest BCUT2D eigenvalue weighted by Gasteiger charge is -2.17. The van der Waals surface area contributed by atoms with Gasteiger partial charge in [0.05, 0.1) is 6.54 Å². The van der Waals surface area contributed by atoms with Crippen molar-refractivity contribution in [2.45, 2.75) is 19.3 Å². The molecule has 0 fully saturated rings. The number of nitrogens with zero attached hydrogens (tertiary/aromatic N) is 1. The van der Waals surface area contributed by atoms with Crippen LogP contribution in [0.1, 0.15) is 18.4 Å². The first kappa shape index (κ1) is 14.5. The minimum Gasteiger partial charge on any atom is -0.355 e. The van der Waals surface area contributed by atoms with Crippen LogP contribution in [0.15, 0.2) is 24.3 Å². The highest BCUT2D eigenvalue weighted by atomic mass is 16.2. The molecule has 1 aromatic carbocycles. The number of hydrogen-bond acceptors (Lipinski definition) is 3. The fourth-order valence-corrected chi connectivity index (χ4v) is 2.42. The van der Waals surface area contributed by atoms with Crippen molar-refractivity contribution in [1.82, 2.24) is 10.6 Å². The number of likely N-dealkylation sites (N-methyl/N-ethyl adjacent to an activating group) is 1. The van der Waals surface area contributed by atoms with Crippen molar-refractivity contribution in [3.8, 4) is 0 Å². The molecule has 2 amide bonds. The van der Waals surface area contributed by atoms with E-state index in [1.165, 1.54) is 5.56 Å². The SMILES string of the molecule is CNCC(=O)NCCCC(=O)N1CCc2ccccc21. The van der Waals surface area contributed by atoms with Gasteiger partial charge in [-0.1, -0.05) is 18.2 Å². The highest BCUT2D eigenvalue weighted by molar-refractivity contribution is 5.95. The lowest BCUT2D eigenvalue weighted by Crippen LogP contribution is -2.34. The Hall–Kier alpha value is -1.88. The van der Waals surface area contributed by atoms with E-state index in [0.717, 1.165) is 18.7 Å². The number of carbonyl (C=O) groups excluding carboxylic acids is 2. The van der Waals surface area contributed by atoms with Gasteiger partial charge in [-0.25, -0.2) is 0 Å². The Bertz CT molecular complexity index is 488. The molecular formula is C15H21N3O2. The van der Waals surface area contributed by atoms with Crippen molar-refractivity contribution in [2.75, 3.05) is 31.6 Å². The maximum Gasteiger partial charge on any atom is 0.233 e. The lowest BCUT2D eigenvalue weighted by atomic mass is 10.2. The summed E-state index contributed by atoms with van der Waals surface area (Å²) in [5.41, 5.74) is 2.28. The second-order valence-corrected chi connectivity index (χ2v) is 4.91. The maximum absolute atomic E-state index is 12.2. The molecule has 1 heterocycles. The van der Waals surface area contributed by atoms with Crippen LogP contribution in [-0.2, 0) is 16.0 Å². The van der Waals surface area contributed by atoms with E-state index in [1.54, 1.807) is 7.05 Å². The maximum atomic E-state index is 12.2. The Morgan fingerprint density at radius 2 is 2.10 bits per heavy atom. The zero-order valence-electron chi connectivity index (χ0n) is 11.8. The molecule has 0 unspecified atom stereocenters. The third kappa shape index (κ3) is 3.57. The largest absolute Gasteiger partial charge is 0.355 e. The van der Waals surface area contributed by atoms with Gasteiger partial charge in [0, 0.05) is 25.2 Å². The van der Waals surface area contributed by atoms with Crippen LogP contribution in [0, 0.1) is 0 Å². The summed E-state index contributed by atoms with van der Waals surface area (Å²) in [6.07, 6.45) is 2.07. The molecule has 2 N–H and O–H groups in total. The standard InChI is InChI=1S/C15H21N3O2/c1-16-11-14(19)17-9-4-7-15(20)18-10-8-12-5-2-3-6-13(12)18/h2-3,5-6,16H,4,7-11H2,1H3,(H,17,19). The van der Waals surface area contributed by atoms with E-state index in [9.17, 15) is 9.59 Å². The first-order chi connectivity index (χ1) is 9.72. The number of nitrogens with one attached hydrogen (secondary N) is 2. The molecule has 0 aromatic heterocycles. The second-order valence-electron chi connectivity index (χ2n) is 4.91. The van der Waals surface area contributed by atoms with E-state index >= 15 is 0 Å². The van der Waals surface area contributed by atoms with Gasteiger partial charge in [-0.15, -0.1) is 0 Å². The predicted molar refractivity (Wildman–Crippen MR) is 78.7 cm³/mol. The van der Waals surface area contributed by atoms with Gasteiger partial charge in [0.25, 0.3) is 0 Å². The van der Waals surface area contributed by atoms with Crippen LogP contribution in [0.2, 0.25) is 0 Å². The summed E-state index contributed by atoms with van der Waals surface area (Å²) in [6, 6.07) is 8.03. The van der Waals surface area contributed by atoms with Gasteiger partial charge in [-0.2, -0.15) is 0 Å². The van der Waals surface area contributed by atoms with Crippen molar-refractivity contribution in [3.63, 3.8) is 0 Å². The van der Waals surface area contributed by atoms with Crippen LogP contribution in [0.25, 0.3) is 0 Å². The molecule has 0 atom stereocenters. The zero-order valence-corrected chi connectivity index (χ0v) is 11.8. The summed E-state index contributed by atoms with van der Waals surface area (Å²) < 4.78 is 0. The number of hydrogen-bond donors (Lipinski definition) is 2. The van der Waals surface area contributed by atoms with E-state index in [2.05, 4.69) is 16.7 Å². The number of carbonyl (C=O) groups is 2. The Balaban J connectivity index is 1.75. The summed E-state index contributed by atoms with van der Waals surface area (Å²) in [5.74, 6) is 0.101. The Kier molecular flexibility index (Phi) is 5.12. The summed E-state index contributed by atoms with van der Waals surface area (Å²) >= 11 is 0. The van der Waals surface area contributed by atoms with Gasteiger partial charge >= 0.3 is 0 Å². The van der Waals surface area contributed by atoms with Crippen LogP contribution in [0.4, 0.5) is 5.69 Å². The highest BCUT2D eigenvalue weighted by Gasteiger charge is 2.23. The first-order valence-electron chi connectivity index (χ1n) is 7.02. The summed E-state index contributed by atoms with van der Waals surface area (Å²) in [5, 5.41) is 5.56. The minimum absolute atomic E-state index is 0.0357. The fraction of sp³-hybridized carbons (Fsp3) is 0.467. The minimum atomic E-state index is -0.0357. The number of anilines is 1. The number of amides is 2. The molecule has 108 valence electrons. The van der Waals surface area contributed by atoms with Crippen LogP contribution in [0.5, 0.6) is 0 Å². The van der Waals surface area contributed by atoms with Crippen LogP contribution in [0.3, 0.4) is 0 Å². The third-order valence-corrected chi connectivity index (χ3v) is 3.42. The molecule has 0 bridgehead atoms. The normalized spacial score (nSPS) is 13.2. The topological polar surface area (TPSA) is 61.4 Å². The molecule has 0 spiro atoms. The molecule has 5 nitrogen and oxygen atoms in total. The zero-order chi connectivity index (χ0) is 14.4. The monoisotopic (exact) mass is 275 g/mol. The van der Waals surface area contributed by atoms with E-state index in [1.807, 2.05) is 23.1 Å². The molecule has 0 saturated heterocycles. The third-order valence-electron chi connectivity index (χ3n) is 3.42. The van der Waals surface area contributed by atoms with E-state index in [-0.39, 0.29) is 11.8 Å². The summed E-state index contributed by atoms with van der Waals surface area (Å²) in [4.78, 5) is 25.3. The molecular weight excluding hydrogens is 254 g/mol. The van der Waals surface area contributed by atoms with Gasteiger partial charge in [0.2, 0.25) is 11.8 Å². The second kappa shape index (κ2) is 7.05. The molecule has 1 aromatic rings. The molecule has 1 aliphatic heterocycles.